The monoisotopic (exact) mass is 278 g/mol. The van der Waals surface area contributed by atoms with Crippen molar-refractivity contribution in [2.24, 2.45) is 0 Å². The topological polar surface area (TPSA) is 45.0 Å². The van der Waals surface area contributed by atoms with Gasteiger partial charge in [-0.25, -0.2) is 0 Å². The van der Waals surface area contributed by atoms with Crippen LogP contribution in [0.25, 0.3) is 0 Å². The van der Waals surface area contributed by atoms with E-state index in [-0.39, 0.29) is 0 Å². The first-order valence-corrected chi connectivity index (χ1v) is 7.19. The molecular weight excluding hydrogens is 260 g/mol. The number of anilines is 1. The summed E-state index contributed by atoms with van der Waals surface area (Å²) in [5.41, 5.74) is 3.07. The normalized spacial score (nSPS) is 20.2. The smallest absolute Gasteiger partial charge is 0.119 e. The Balaban J connectivity index is 1.59. The maximum absolute atomic E-state index is 8.92. The first-order valence-electron chi connectivity index (χ1n) is 7.19. The first-order chi connectivity index (χ1) is 10.3. The zero-order valence-electron chi connectivity index (χ0n) is 12.0. The third-order valence-corrected chi connectivity index (χ3v) is 4.07. The van der Waals surface area contributed by atoms with Crippen LogP contribution in [0.15, 0.2) is 48.5 Å². The molecule has 1 N–H and O–H groups in total. The number of nitrogens with one attached hydrogen (secondary N) is 1. The molecule has 0 amide bonds. The molecule has 2 aromatic carbocycles. The van der Waals surface area contributed by atoms with E-state index in [1.165, 1.54) is 5.56 Å². The van der Waals surface area contributed by atoms with Crippen molar-refractivity contribution < 1.29 is 4.74 Å². The number of hydrogen-bond donors (Lipinski definition) is 1. The zero-order valence-corrected chi connectivity index (χ0v) is 12.0. The SMILES string of the molecule is COc1cccc(C2CC(Nc3cccc(C#N)c3)C2)c1. The van der Waals surface area contributed by atoms with Crippen molar-refractivity contribution in [3.63, 3.8) is 0 Å². The van der Waals surface area contributed by atoms with Gasteiger partial charge in [0.2, 0.25) is 0 Å². The van der Waals surface area contributed by atoms with Gasteiger partial charge in [0.05, 0.1) is 18.7 Å². The third kappa shape index (κ3) is 3.00. The third-order valence-electron chi connectivity index (χ3n) is 4.07. The lowest BCUT2D eigenvalue weighted by molar-refractivity contribution is 0.370. The lowest BCUT2D eigenvalue weighted by Crippen LogP contribution is -2.34. The highest BCUT2D eigenvalue weighted by molar-refractivity contribution is 5.50. The molecule has 0 heterocycles. The molecule has 1 aliphatic rings. The minimum Gasteiger partial charge on any atom is -0.497 e. The number of hydrogen-bond acceptors (Lipinski definition) is 3. The van der Waals surface area contributed by atoms with Gasteiger partial charge in [-0.15, -0.1) is 0 Å². The van der Waals surface area contributed by atoms with Crippen LogP contribution >= 0.6 is 0 Å². The molecule has 1 fully saturated rings. The van der Waals surface area contributed by atoms with Crippen molar-refractivity contribution >= 4 is 5.69 Å². The lowest BCUT2D eigenvalue weighted by atomic mass is 9.75. The molecular formula is C18H18N2O. The van der Waals surface area contributed by atoms with Crippen LogP contribution in [0, 0.1) is 11.3 Å². The van der Waals surface area contributed by atoms with Crippen LogP contribution in [-0.2, 0) is 0 Å². The number of benzene rings is 2. The summed E-state index contributed by atoms with van der Waals surface area (Å²) >= 11 is 0. The van der Waals surface area contributed by atoms with Crippen LogP contribution in [0.5, 0.6) is 5.75 Å². The van der Waals surface area contributed by atoms with Crippen LogP contribution in [-0.4, -0.2) is 13.2 Å². The van der Waals surface area contributed by atoms with Crippen molar-refractivity contribution in [1.82, 2.24) is 0 Å². The zero-order chi connectivity index (χ0) is 14.7. The predicted molar refractivity (Wildman–Crippen MR) is 83.5 cm³/mol. The van der Waals surface area contributed by atoms with E-state index < -0.39 is 0 Å². The van der Waals surface area contributed by atoms with Crippen LogP contribution in [0.1, 0.15) is 29.9 Å². The average Bonchev–Trinajstić information content (AvgIpc) is 2.50. The Labute approximate surface area is 125 Å². The van der Waals surface area contributed by atoms with Gasteiger partial charge in [-0.1, -0.05) is 18.2 Å². The fourth-order valence-corrected chi connectivity index (χ4v) is 2.82. The van der Waals surface area contributed by atoms with Crippen molar-refractivity contribution in [3.8, 4) is 11.8 Å². The Morgan fingerprint density at radius 1 is 1.14 bits per heavy atom. The minimum atomic E-state index is 0.482. The molecule has 0 atom stereocenters. The van der Waals surface area contributed by atoms with E-state index in [1.807, 2.05) is 36.4 Å². The summed E-state index contributed by atoms with van der Waals surface area (Å²) < 4.78 is 5.28. The summed E-state index contributed by atoms with van der Waals surface area (Å²) in [4.78, 5) is 0. The fourth-order valence-electron chi connectivity index (χ4n) is 2.82. The number of methoxy groups -OCH3 is 1. The molecule has 0 bridgehead atoms. The fraction of sp³-hybridized carbons (Fsp3) is 0.278. The molecule has 0 spiro atoms. The van der Waals surface area contributed by atoms with Gasteiger partial charge in [0.1, 0.15) is 5.75 Å². The van der Waals surface area contributed by atoms with Gasteiger partial charge in [-0.05, 0) is 54.7 Å². The van der Waals surface area contributed by atoms with Crippen LogP contribution in [0.4, 0.5) is 5.69 Å². The van der Waals surface area contributed by atoms with Crippen molar-refractivity contribution in [2.75, 3.05) is 12.4 Å². The quantitative estimate of drug-likeness (QED) is 0.921. The first kappa shape index (κ1) is 13.5. The maximum atomic E-state index is 8.92. The Hall–Kier alpha value is -2.47. The van der Waals surface area contributed by atoms with E-state index in [1.54, 1.807) is 7.11 Å². The van der Waals surface area contributed by atoms with Gasteiger partial charge < -0.3 is 10.1 Å². The van der Waals surface area contributed by atoms with E-state index in [0.29, 0.717) is 17.5 Å². The van der Waals surface area contributed by atoms with Gasteiger partial charge in [0.15, 0.2) is 0 Å². The van der Waals surface area contributed by atoms with E-state index in [4.69, 9.17) is 10.00 Å². The standard InChI is InChI=1S/C18H18N2O/c1-21-18-7-3-5-14(11-18)15-9-17(10-15)20-16-6-2-4-13(8-16)12-19/h2-8,11,15,17,20H,9-10H2,1H3. The summed E-state index contributed by atoms with van der Waals surface area (Å²) in [6.45, 7) is 0. The van der Waals surface area contributed by atoms with Crippen molar-refractivity contribution in [1.29, 1.82) is 5.26 Å². The maximum Gasteiger partial charge on any atom is 0.119 e. The molecule has 21 heavy (non-hydrogen) atoms. The summed E-state index contributed by atoms with van der Waals surface area (Å²) in [6.07, 6.45) is 2.23. The number of nitriles is 1. The molecule has 0 saturated heterocycles. The van der Waals surface area contributed by atoms with E-state index in [0.717, 1.165) is 24.3 Å². The Morgan fingerprint density at radius 2 is 1.95 bits per heavy atom. The van der Waals surface area contributed by atoms with Crippen LogP contribution in [0.3, 0.4) is 0 Å². The van der Waals surface area contributed by atoms with Gasteiger partial charge in [0.25, 0.3) is 0 Å². The molecule has 106 valence electrons. The van der Waals surface area contributed by atoms with Crippen molar-refractivity contribution in [3.05, 3.63) is 59.7 Å². The molecule has 1 saturated carbocycles. The molecule has 2 aromatic rings. The Kier molecular flexibility index (Phi) is 3.79. The summed E-state index contributed by atoms with van der Waals surface area (Å²) in [5, 5.41) is 12.4. The van der Waals surface area contributed by atoms with E-state index >= 15 is 0 Å². The Morgan fingerprint density at radius 3 is 2.71 bits per heavy atom. The largest absolute Gasteiger partial charge is 0.497 e. The summed E-state index contributed by atoms with van der Waals surface area (Å²) in [7, 11) is 1.70. The molecule has 3 heteroatoms. The van der Waals surface area contributed by atoms with Gasteiger partial charge in [-0.2, -0.15) is 5.26 Å². The van der Waals surface area contributed by atoms with Crippen molar-refractivity contribution in [2.45, 2.75) is 24.8 Å². The second-order valence-electron chi connectivity index (χ2n) is 5.48. The van der Waals surface area contributed by atoms with E-state index in [2.05, 4.69) is 23.5 Å². The second-order valence-corrected chi connectivity index (χ2v) is 5.48. The number of rotatable bonds is 4. The summed E-state index contributed by atoms with van der Waals surface area (Å²) in [5.74, 6) is 1.52. The molecule has 0 aromatic heterocycles. The molecule has 0 radical (unpaired) electrons. The van der Waals surface area contributed by atoms with E-state index in [9.17, 15) is 0 Å². The summed E-state index contributed by atoms with van der Waals surface area (Å²) in [6, 6.07) is 18.6. The van der Waals surface area contributed by atoms with Gasteiger partial charge in [0, 0.05) is 11.7 Å². The molecule has 0 unspecified atom stereocenters. The van der Waals surface area contributed by atoms with Gasteiger partial charge >= 0.3 is 0 Å². The van der Waals surface area contributed by atoms with Crippen LogP contribution in [0.2, 0.25) is 0 Å². The predicted octanol–water partition coefficient (Wildman–Crippen LogP) is 3.92. The Bertz CT molecular complexity index is 669. The second kappa shape index (κ2) is 5.88. The van der Waals surface area contributed by atoms with Crippen LogP contribution < -0.4 is 10.1 Å². The highest BCUT2D eigenvalue weighted by atomic mass is 16.5. The lowest BCUT2D eigenvalue weighted by Gasteiger charge is -2.37. The number of ether oxygens (including phenoxy) is 1. The number of nitrogens with zero attached hydrogens (tertiary/aromatic N) is 1. The van der Waals surface area contributed by atoms with Gasteiger partial charge in [-0.3, -0.25) is 0 Å². The molecule has 0 aliphatic heterocycles. The minimum absolute atomic E-state index is 0.482. The molecule has 1 aliphatic carbocycles. The molecule has 3 rings (SSSR count). The average molecular weight is 278 g/mol. The molecule has 3 nitrogen and oxygen atoms in total. The highest BCUT2D eigenvalue weighted by Gasteiger charge is 2.30. The highest BCUT2D eigenvalue weighted by Crippen LogP contribution is 2.39.